The molecule has 42 heavy (non-hydrogen) atoms. The third-order valence-electron chi connectivity index (χ3n) is 8.13. The molecule has 0 fully saturated rings. The van der Waals surface area contributed by atoms with Gasteiger partial charge >= 0.3 is 0 Å². The smallest absolute Gasteiger partial charge is 0.137 e. The van der Waals surface area contributed by atoms with E-state index in [0.717, 1.165) is 51.4 Å². The van der Waals surface area contributed by atoms with E-state index in [9.17, 15) is 0 Å². The van der Waals surface area contributed by atoms with Crippen LogP contribution in [-0.2, 0) is 6.42 Å². The zero-order valence-electron chi connectivity index (χ0n) is 24.3. The number of fused-ring (bicyclic) bond motifs is 3. The van der Waals surface area contributed by atoms with Crippen LogP contribution in [0.25, 0.3) is 44.4 Å². The van der Waals surface area contributed by atoms with E-state index in [1.165, 1.54) is 33.2 Å². The lowest BCUT2D eigenvalue weighted by molar-refractivity contribution is 0.483. The molecule has 0 saturated heterocycles. The maximum Gasteiger partial charge on any atom is 0.137 e. The summed E-state index contributed by atoms with van der Waals surface area (Å²) in [4.78, 5) is 4.70. The quantitative estimate of drug-likeness (QED) is 0.208. The van der Waals surface area contributed by atoms with Gasteiger partial charge in [0.2, 0.25) is 0 Å². The van der Waals surface area contributed by atoms with Gasteiger partial charge in [-0.2, -0.15) is 5.10 Å². The molecule has 0 unspecified atom stereocenters. The van der Waals surface area contributed by atoms with Crippen molar-refractivity contribution in [2.75, 3.05) is 0 Å². The largest absolute Gasteiger partial charge is 0.457 e. The summed E-state index contributed by atoms with van der Waals surface area (Å²) < 4.78 is 10.6. The van der Waals surface area contributed by atoms with Gasteiger partial charge in [0.15, 0.2) is 0 Å². The maximum absolute atomic E-state index is 6.44. The summed E-state index contributed by atoms with van der Waals surface area (Å²) in [7, 11) is 0. The summed E-state index contributed by atoms with van der Waals surface area (Å²) in [6.07, 6.45) is 6.93. The Kier molecular flexibility index (Phi) is 6.35. The van der Waals surface area contributed by atoms with Crippen molar-refractivity contribution in [3.63, 3.8) is 0 Å². The number of hydrogen-bond acceptors (Lipinski definition) is 3. The maximum atomic E-state index is 6.44. The monoisotopic (exact) mass is 548 g/mol. The lowest BCUT2D eigenvalue weighted by Crippen LogP contribution is -1.98. The first-order chi connectivity index (χ1) is 20.5. The van der Waals surface area contributed by atoms with Crippen molar-refractivity contribution < 1.29 is 4.74 Å². The van der Waals surface area contributed by atoms with Crippen LogP contribution in [0.5, 0.6) is 11.5 Å². The average Bonchev–Trinajstić information content (AvgIpc) is 3.61. The number of nitrogens with zero attached hydrogens (tertiary/aromatic N) is 4. The van der Waals surface area contributed by atoms with Gasteiger partial charge in [0.1, 0.15) is 17.3 Å². The fourth-order valence-electron chi connectivity index (χ4n) is 6.04. The normalized spacial score (nSPS) is 11.4. The molecule has 206 valence electrons. The number of aromatic nitrogens is 4. The van der Waals surface area contributed by atoms with Crippen molar-refractivity contribution in [2.45, 2.75) is 34.1 Å². The van der Waals surface area contributed by atoms with Crippen LogP contribution in [0.4, 0.5) is 0 Å². The van der Waals surface area contributed by atoms with E-state index in [1.54, 1.807) is 0 Å². The van der Waals surface area contributed by atoms with Crippen LogP contribution in [0.15, 0.2) is 110 Å². The van der Waals surface area contributed by atoms with Crippen LogP contribution < -0.4 is 4.74 Å². The molecule has 0 spiro atoms. The SMILES string of the molecule is CCc1ccc(C)c(-c2cnn(-c3cccc(Oc4ccc5c6ccccc6n(-c6cc(C)ccn6)c5c4)c3)c2)c1C. The molecule has 0 N–H and O–H groups in total. The van der Waals surface area contributed by atoms with Crippen LogP contribution in [-0.4, -0.2) is 19.3 Å². The van der Waals surface area contributed by atoms with Crippen molar-refractivity contribution in [1.29, 1.82) is 0 Å². The number of aryl methyl sites for hydroxylation is 3. The van der Waals surface area contributed by atoms with Crippen molar-refractivity contribution in [2.24, 2.45) is 0 Å². The highest BCUT2D eigenvalue weighted by atomic mass is 16.5. The Morgan fingerprint density at radius 3 is 2.45 bits per heavy atom. The number of ether oxygens (including phenoxy) is 1. The standard InChI is InChI=1S/C37H32N4O/c1-5-27-14-13-25(3)37(26(27)4)28-22-39-40(23-28)29-9-8-10-30(20-29)42-31-15-16-33-32-11-6-7-12-34(32)41(35(33)21-31)36-19-24(2)17-18-38-36/h6-23H,5H2,1-4H3. The molecular formula is C37H32N4O. The average molecular weight is 549 g/mol. The van der Waals surface area contributed by atoms with Crippen LogP contribution in [0.2, 0.25) is 0 Å². The van der Waals surface area contributed by atoms with Crippen LogP contribution in [0.1, 0.15) is 29.2 Å². The van der Waals surface area contributed by atoms with Gasteiger partial charge < -0.3 is 4.74 Å². The number of hydrogen-bond donors (Lipinski definition) is 0. The van der Waals surface area contributed by atoms with Crippen LogP contribution in [0.3, 0.4) is 0 Å². The molecule has 0 aliphatic carbocycles. The molecule has 0 radical (unpaired) electrons. The third-order valence-corrected chi connectivity index (χ3v) is 8.13. The summed E-state index contributed by atoms with van der Waals surface area (Å²) in [5.41, 5.74) is 10.6. The minimum Gasteiger partial charge on any atom is -0.457 e. The van der Waals surface area contributed by atoms with Gasteiger partial charge in [0, 0.05) is 40.9 Å². The van der Waals surface area contributed by atoms with Crippen molar-refractivity contribution in [3.8, 4) is 34.1 Å². The van der Waals surface area contributed by atoms with Gasteiger partial charge in [-0.1, -0.05) is 43.3 Å². The molecular weight excluding hydrogens is 516 g/mol. The summed E-state index contributed by atoms with van der Waals surface area (Å²) in [5.74, 6) is 2.41. The van der Waals surface area contributed by atoms with E-state index in [-0.39, 0.29) is 0 Å². The highest BCUT2D eigenvalue weighted by Crippen LogP contribution is 2.35. The Bertz CT molecular complexity index is 2100. The first-order valence-electron chi connectivity index (χ1n) is 14.4. The van der Waals surface area contributed by atoms with Gasteiger partial charge in [-0.3, -0.25) is 4.57 Å². The molecule has 0 aliphatic heterocycles. The molecule has 5 nitrogen and oxygen atoms in total. The summed E-state index contributed by atoms with van der Waals surface area (Å²) in [6, 6.07) is 31.4. The molecule has 3 heterocycles. The zero-order valence-corrected chi connectivity index (χ0v) is 24.3. The predicted octanol–water partition coefficient (Wildman–Crippen LogP) is 9.31. The van der Waals surface area contributed by atoms with Crippen LogP contribution >= 0.6 is 0 Å². The van der Waals surface area contributed by atoms with Gasteiger partial charge in [0.05, 0.1) is 22.9 Å². The summed E-state index contributed by atoms with van der Waals surface area (Å²) in [5, 5.41) is 7.07. The van der Waals surface area contributed by atoms with Crippen molar-refractivity contribution in [3.05, 3.63) is 132 Å². The van der Waals surface area contributed by atoms with E-state index in [0.29, 0.717) is 0 Å². The fourth-order valence-corrected chi connectivity index (χ4v) is 6.04. The van der Waals surface area contributed by atoms with E-state index >= 15 is 0 Å². The lowest BCUT2D eigenvalue weighted by Gasteiger charge is -2.12. The predicted molar refractivity (Wildman–Crippen MR) is 171 cm³/mol. The Labute approximate surface area is 245 Å². The van der Waals surface area contributed by atoms with E-state index in [4.69, 9.17) is 14.8 Å². The van der Waals surface area contributed by atoms with E-state index in [2.05, 4.69) is 99.1 Å². The number of pyridine rings is 1. The fraction of sp³-hybridized carbons (Fsp3) is 0.135. The zero-order chi connectivity index (χ0) is 28.8. The number of benzene rings is 4. The molecule has 4 aromatic carbocycles. The molecule has 5 heteroatoms. The molecule has 0 amide bonds. The minimum absolute atomic E-state index is 0.751. The lowest BCUT2D eigenvalue weighted by atomic mass is 9.93. The minimum atomic E-state index is 0.751. The van der Waals surface area contributed by atoms with Gasteiger partial charge in [-0.15, -0.1) is 0 Å². The number of para-hydroxylation sites is 1. The van der Waals surface area contributed by atoms with Crippen LogP contribution in [0, 0.1) is 20.8 Å². The molecule has 3 aromatic heterocycles. The van der Waals surface area contributed by atoms with Gasteiger partial charge in [0.25, 0.3) is 0 Å². The summed E-state index contributed by atoms with van der Waals surface area (Å²) >= 11 is 0. The summed E-state index contributed by atoms with van der Waals surface area (Å²) in [6.45, 7) is 8.66. The second-order valence-electron chi connectivity index (χ2n) is 10.9. The Hall–Kier alpha value is -5.16. The first-order valence-corrected chi connectivity index (χ1v) is 14.4. The van der Waals surface area contributed by atoms with Gasteiger partial charge in [-0.05, 0) is 97.5 Å². The Morgan fingerprint density at radius 1 is 0.762 bits per heavy atom. The Morgan fingerprint density at radius 2 is 1.60 bits per heavy atom. The Balaban J connectivity index is 1.25. The van der Waals surface area contributed by atoms with Gasteiger partial charge in [-0.25, -0.2) is 9.67 Å². The molecule has 0 bridgehead atoms. The molecule has 0 aliphatic rings. The molecule has 0 saturated carbocycles. The second-order valence-corrected chi connectivity index (χ2v) is 10.9. The molecule has 7 aromatic rings. The molecule has 7 rings (SSSR count). The molecule has 0 atom stereocenters. The highest BCUT2D eigenvalue weighted by molar-refractivity contribution is 6.09. The topological polar surface area (TPSA) is 44.9 Å². The first kappa shape index (κ1) is 25.8. The van der Waals surface area contributed by atoms with Crippen molar-refractivity contribution >= 4 is 21.8 Å². The van der Waals surface area contributed by atoms with E-state index < -0.39 is 0 Å². The second kappa shape index (κ2) is 10.3. The van der Waals surface area contributed by atoms with Crippen molar-refractivity contribution in [1.82, 2.24) is 19.3 Å². The highest BCUT2D eigenvalue weighted by Gasteiger charge is 2.15. The number of rotatable bonds is 6. The van der Waals surface area contributed by atoms with E-state index in [1.807, 2.05) is 47.4 Å². The third kappa shape index (κ3) is 4.44.